The molecular weight excluding hydrogens is 249 g/mol. The smallest absolute Gasteiger partial charge is 0.0613 e. The number of hydrogen-bond acceptors (Lipinski definition) is 1. The molecule has 0 bridgehead atoms. The number of benzene rings is 1. The van der Waals surface area contributed by atoms with Crippen molar-refractivity contribution in [1.29, 1.82) is 0 Å². The van der Waals surface area contributed by atoms with Crippen LogP contribution >= 0.6 is 22.6 Å². The standard InChI is InChI=1S/C9H8IN/c10-6-2-4-8-3-1-5-9(11)7-8/h1,3,5,7H,6,11H2. The van der Waals surface area contributed by atoms with E-state index in [0.717, 1.165) is 15.7 Å². The summed E-state index contributed by atoms with van der Waals surface area (Å²) in [4.78, 5) is 0. The first-order chi connectivity index (χ1) is 5.33. The normalized spacial score (nSPS) is 8.45. The quantitative estimate of drug-likeness (QED) is 0.327. The van der Waals surface area contributed by atoms with E-state index in [9.17, 15) is 0 Å². The van der Waals surface area contributed by atoms with Crippen molar-refractivity contribution in [2.24, 2.45) is 0 Å². The van der Waals surface area contributed by atoms with E-state index in [1.54, 1.807) is 0 Å². The highest BCUT2D eigenvalue weighted by molar-refractivity contribution is 14.1. The Morgan fingerprint density at radius 3 is 2.91 bits per heavy atom. The molecule has 0 saturated heterocycles. The van der Waals surface area contributed by atoms with Crippen LogP contribution in [0.3, 0.4) is 0 Å². The van der Waals surface area contributed by atoms with E-state index in [2.05, 4.69) is 34.4 Å². The van der Waals surface area contributed by atoms with E-state index in [1.165, 1.54) is 0 Å². The minimum atomic E-state index is 0.769. The lowest BCUT2D eigenvalue weighted by molar-refractivity contribution is 1.63. The van der Waals surface area contributed by atoms with Crippen molar-refractivity contribution < 1.29 is 0 Å². The van der Waals surface area contributed by atoms with Gasteiger partial charge in [0.2, 0.25) is 0 Å². The highest BCUT2D eigenvalue weighted by Gasteiger charge is 1.85. The van der Waals surface area contributed by atoms with Crippen LogP contribution in [0.25, 0.3) is 0 Å². The number of anilines is 1. The van der Waals surface area contributed by atoms with Gasteiger partial charge in [-0.1, -0.05) is 40.5 Å². The molecule has 1 rings (SSSR count). The molecule has 11 heavy (non-hydrogen) atoms. The van der Waals surface area contributed by atoms with Crippen LogP contribution in [0, 0.1) is 11.8 Å². The van der Waals surface area contributed by atoms with Crippen LogP contribution in [0.4, 0.5) is 5.69 Å². The molecule has 2 N–H and O–H groups in total. The van der Waals surface area contributed by atoms with E-state index >= 15 is 0 Å². The molecule has 0 atom stereocenters. The minimum absolute atomic E-state index is 0.769. The lowest BCUT2D eigenvalue weighted by Crippen LogP contribution is -1.84. The predicted molar refractivity (Wildman–Crippen MR) is 56.6 cm³/mol. The molecule has 0 radical (unpaired) electrons. The summed E-state index contributed by atoms with van der Waals surface area (Å²) < 4.78 is 0.854. The van der Waals surface area contributed by atoms with Gasteiger partial charge in [-0.25, -0.2) is 0 Å². The molecule has 1 aromatic rings. The number of rotatable bonds is 0. The van der Waals surface area contributed by atoms with Crippen LogP contribution in [0.15, 0.2) is 24.3 Å². The second kappa shape index (κ2) is 4.24. The number of halogens is 1. The average molecular weight is 257 g/mol. The first kappa shape index (κ1) is 8.41. The maximum absolute atomic E-state index is 5.56. The Morgan fingerprint density at radius 2 is 2.27 bits per heavy atom. The molecule has 56 valence electrons. The summed E-state index contributed by atoms with van der Waals surface area (Å²) in [5.41, 5.74) is 7.32. The molecule has 0 aromatic heterocycles. The molecule has 0 saturated carbocycles. The fraction of sp³-hybridized carbons (Fsp3) is 0.111. The Hall–Kier alpha value is -0.690. The summed E-state index contributed by atoms with van der Waals surface area (Å²) in [5.74, 6) is 5.97. The minimum Gasteiger partial charge on any atom is -0.399 e. The van der Waals surface area contributed by atoms with Crippen molar-refractivity contribution >= 4 is 28.3 Å². The van der Waals surface area contributed by atoms with Crippen LogP contribution in [0.5, 0.6) is 0 Å². The van der Waals surface area contributed by atoms with Crippen molar-refractivity contribution in [1.82, 2.24) is 0 Å². The summed E-state index contributed by atoms with van der Waals surface area (Å²) in [6, 6.07) is 7.59. The third-order valence-electron chi connectivity index (χ3n) is 1.19. The van der Waals surface area contributed by atoms with Crippen molar-refractivity contribution in [2.45, 2.75) is 0 Å². The third-order valence-corrected chi connectivity index (χ3v) is 1.57. The summed E-state index contributed by atoms with van der Waals surface area (Å²) in [7, 11) is 0. The Morgan fingerprint density at radius 1 is 1.45 bits per heavy atom. The third kappa shape index (κ3) is 2.81. The molecule has 0 aliphatic carbocycles. The maximum atomic E-state index is 5.56. The monoisotopic (exact) mass is 257 g/mol. The van der Waals surface area contributed by atoms with Crippen LogP contribution in [-0.4, -0.2) is 4.43 Å². The summed E-state index contributed by atoms with van der Waals surface area (Å²) in [5, 5.41) is 0. The van der Waals surface area contributed by atoms with Crippen LogP contribution in [-0.2, 0) is 0 Å². The van der Waals surface area contributed by atoms with Crippen LogP contribution < -0.4 is 5.73 Å². The number of nitrogen functional groups attached to an aromatic ring is 1. The largest absolute Gasteiger partial charge is 0.399 e. The van der Waals surface area contributed by atoms with Crippen LogP contribution in [0.1, 0.15) is 5.56 Å². The molecule has 0 unspecified atom stereocenters. The fourth-order valence-corrected chi connectivity index (χ4v) is 0.943. The van der Waals surface area contributed by atoms with Gasteiger partial charge in [0.1, 0.15) is 0 Å². The molecule has 0 amide bonds. The van der Waals surface area contributed by atoms with Gasteiger partial charge in [0, 0.05) is 11.3 Å². The topological polar surface area (TPSA) is 26.0 Å². The van der Waals surface area contributed by atoms with Crippen molar-refractivity contribution in [3.8, 4) is 11.8 Å². The van der Waals surface area contributed by atoms with Gasteiger partial charge in [0.15, 0.2) is 0 Å². The highest BCUT2D eigenvalue weighted by atomic mass is 127. The SMILES string of the molecule is Nc1cccc(C#CCI)c1. The summed E-state index contributed by atoms with van der Waals surface area (Å²) in [6.07, 6.45) is 0. The molecule has 0 fully saturated rings. The van der Waals surface area contributed by atoms with E-state index in [4.69, 9.17) is 5.73 Å². The van der Waals surface area contributed by atoms with Gasteiger partial charge in [-0.3, -0.25) is 0 Å². The lowest BCUT2D eigenvalue weighted by atomic mass is 10.2. The highest BCUT2D eigenvalue weighted by Crippen LogP contribution is 2.04. The zero-order valence-corrected chi connectivity index (χ0v) is 8.13. The first-order valence-corrected chi connectivity index (χ1v) is 4.76. The Balaban J connectivity index is 2.87. The van der Waals surface area contributed by atoms with Gasteiger partial charge in [0.25, 0.3) is 0 Å². The van der Waals surface area contributed by atoms with Gasteiger partial charge in [0.05, 0.1) is 4.43 Å². The second-order valence-corrected chi connectivity index (χ2v) is 2.82. The maximum Gasteiger partial charge on any atom is 0.0613 e. The Kier molecular flexibility index (Phi) is 3.24. The van der Waals surface area contributed by atoms with E-state index in [1.807, 2.05) is 24.3 Å². The van der Waals surface area contributed by atoms with E-state index in [-0.39, 0.29) is 0 Å². The van der Waals surface area contributed by atoms with Crippen molar-refractivity contribution in [3.63, 3.8) is 0 Å². The number of hydrogen-bond donors (Lipinski definition) is 1. The summed E-state index contributed by atoms with van der Waals surface area (Å²) >= 11 is 2.22. The number of nitrogens with two attached hydrogens (primary N) is 1. The summed E-state index contributed by atoms with van der Waals surface area (Å²) in [6.45, 7) is 0. The molecular formula is C9H8IN. The number of alkyl halides is 1. The van der Waals surface area contributed by atoms with Gasteiger partial charge in [-0.15, -0.1) is 0 Å². The molecule has 0 heterocycles. The average Bonchev–Trinajstić information content (AvgIpc) is 2.01. The van der Waals surface area contributed by atoms with Gasteiger partial charge in [-0.2, -0.15) is 0 Å². The van der Waals surface area contributed by atoms with Crippen LogP contribution in [0.2, 0.25) is 0 Å². The Labute approximate surface area is 80.1 Å². The van der Waals surface area contributed by atoms with E-state index in [0.29, 0.717) is 0 Å². The first-order valence-electron chi connectivity index (χ1n) is 3.23. The predicted octanol–water partition coefficient (Wildman–Crippen LogP) is 2.06. The zero-order chi connectivity index (χ0) is 8.10. The Bertz CT molecular complexity index is 296. The molecule has 0 aliphatic rings. The second-order valence-electron chi connectivity index (χ2n) is 2.06. The molecule has 0 spiro atoms. The van der Waals surface area contributed by atoms with Crippen molar-refractivity contribution in [3.05, 3.63) is 29.8 Å². The zero-order valence-electron chi connectivity index (χ0n) is 5.97. The molecule has 2 heteroatoms. The lowest BCUT2D eigenvalue weighted by Gasteiger charge is -1.91. The van der Waals surface area contributed by atoms with Gasteiger partial charge >= 0.3 is 0 Å². The van der Waals surface area contributed by atoms with Gasteiger partial charge in [-0.05, 0) is 18.2 Å². The molecule has 1 aromatic carbocycles. The van der Waals surface area contributed by atoms with Gasteiger partial charge < -0.3 is 5.73 Å². The van der Waals surface area contributed by atoms with Crippen molar-refractivity contribution in [2.75, 3.05) is 10.2 Å². The van der Waals surface area contributed by atoms with E-state index < -0.39 is 0 Å². The molecule has 1 nitrogen and oxygen atoms in total. The molecule has 0 aliphatic heterocycles. The fourth-order valence-electron chi connectivity index (χ4n) is 0.752.